The third-order valence-corrected chi connectivity index (χ3v) is 5.85. The van der Waals surface area contributed by atoms with Crippen molar-refractivity contribution in [3.8, 4) is 5.69 Å². The standard InChI is InChI=1S/C22H25FN4OS/c1-14-6-7-15(2)19(12-14)20(28)13-29-22-25-24-21(16(3)26(4)5)27(22)18-10-8-17(23)9-11-18/h6-12,16H,13H2,1-5H3. The highest BCUT2D eigenvalue weighted by molar-refractivity contribution is 7.99. The maximum atomic E-state index is 13.4. The lowest BCUT2D eigenvalue weighted by atomic mass is 10.0. The molecule has 0 bridgehead atoms. The van der Waals surface area contributed by atoms with Crippen molar-refractivity contribution in [2.24, 2.45) is 0 Å². The number of thioether (sulfide) groups is 1. The lowest BCUT2D eigenvalue weighted by Gasteiger charge is -2.20. The van der Waals surface area contributed by atoms with Crippen LogP contribution in [-0.2, 0) is 0 Å². The minimum absolute atomic E-state index is 0.00313. The van der Waals surface area contributed by atoms with Gasteiger partial charge >= 0.3 is 0 Å². The van der Waals surface area contributed by atoms with E-state index in [1.54, 1.807) is 12.1 Å². The molecule has 0 aliphatic heterocycles. The van der Waals surface area contributed by atoms with Crippen molar-refractivity contribution < 1.29 is 9.18 Å². The minimum Gasteiger partial charge on any atom is -0.300 e. The van der Waals surface area contributed by atoms with Gasteiger partial charge in [0.1, 0.15) is 5.82 Å². The van der Waals surface area contributed by atoms with Crippen LogP contribution < -0.4 is 0 Å². The molecule has 1 atom stereocenters. The number of nitrogens with zero attached hydrogens (tertiary/aromatic N) is 4. The molecule has 0 amide bonds. The second-order valence-corrected chi connectivity index (χ2v) is 8.26. The topological polar surface area (TPSA) is 51.0 Å². The second-order valence-electron chi connectivity index (χ2n) is 7.32. The number of hydrogen-bond acceptors (Lipinski definition) is 5. The molecule has 0 N–H and O–H groups in total. The van der Waals surface area contributed by atoms with Gasteiger partial charge in [0.2, 0.25) is 0 Å². The minimum atomic E-state index is -0.302. The smallest absolute Gasteiger partial charge is 0.196 e. The van der Waals surface area contributed by atoms with E-state index >= 15 is 0 Å². The Bertz CT molecular complexity index is 1010. The van der Waals surface area contributed by atoms with Crippen LogP contribution in [0.2, 0.25) is 0 Å². The highest BCUT2D eigenvalue weighted by atomic mass is 32.2. The summed E-state index contributed by atoms with van der Waals surface area (Å²) in [5.41, 5.74) is 3.51. The van der Waals surface area contributed by atoms with Crippen molar-refractivity contribution in [2.75, 3.05) is 19.8 Å². The van der Waals surface area contributed by atoms with Crippen LogP contribution in [0.5, 0.6) is 0 Å². The fourth-order valence-corrected chi connectivity index (χ4v) is 3.80. The van der Waals surface area contributed by atoms with E-state index in [2.05, 4.69) is 10.2 Å². The van der Waals surface area contributed by atoms with E-state index in [4.69, 9.17) is 0 Å². The maximum absolute atomic E-state index is 13.4. The summed E-state index contributed by atoms with van der Waals surface area (Å²) in [6, 6.07) is 12.1. The van der Waals surface area contributed by atoms with Gasteiger partial charge in [-0.05, 0) is 70.8 Å². The van der Waals surface area contributed by atoms with Gasteiger partial charge in [-0.3, -0.25) is 14.3 Å². The van der Waals surface area contributed by atoms with Gasteiger partial charge in [0.25, 0.3) is 0 Å². The first kappa shape index (κ1) is 21.2. The number of carbonyl (C=O) groups is 1. The van der Waals surface area contributed by atoms with Gasteiger partial charge in [-0.15, -0.1) is 10.2 Å². The fourth-order valence-electron chi connectivity index (χ4n) is 2.95. The van der Waals surface area contributed by atoms with Crippen LogP contribution >= 0.6 is 11.8 Å². The third-order valence-electron chi connectivity index (χ3n) is 4.92. The molecule has 1 heterocycles. The molecular formula is C22H25FN4OS. The van der Waals surface area contributed by atoms with Crippen molar-refractivity contribution in [3.05, 3.63) is 70.8 Å². The number of carbonyl (C=O) groups excluding carboxylic acids is 1. The van der Waals surface area contributed by atoms with Gasteiger partial charge in [0.05, 0.1) is 11.8 Å². The van der Waals surface area contributed by atoms with Crippen molar-refractivity contribution in [1.82, 2.24) is 19.7 Å². The van der Waals surface area contributed by atoms with Crippen LogP contribution in [0.3, 0.4) is 0 Å². The molecule has 0 aliphatic carbocycles. The van der Waals surface area contributed by atoms with Crippen LogP contribution in [0.1, 0.15) is 40.3 Å². The molecule has 29 heavy (non-hydrogen) atoms. The normalized spacial score (nSPS) is 12.4. The fraction of sp³-hybridized carbons (Fsp3) is 0.318. The molecule has 3 aromatic rings. The summed E-state index contributed by atoms with van der Waals surface area (Å²) in [6.07, 6.45) is 0. The van der Waals surface area contributed by atoms with Crippen molar-refractivity contribution in [3.63, 3.8) is 0 Å². The van der Waals surface area contributed by atoms with Gasteiger partial charge in [-0.2, -0.15) is 0 Å². The number of benzene rings is 2. The number of hydrogen-bond donors (Lipinski definition) is 0. The number of halogens is 1. The Morgan fingerprint density at radius 2 is 1.83 bits per heavy atom. The van der Waals surface area contributed by atoms with Crippen molar-refractivity contribution in [2.45, 2.75) is 32.0 Å². The molecule has 0 spiro atoms. The predicted molar refractivity (Wildman–Crippen MR) is 114 cm³/mol. The van der Waals surface area contributed by atoms with Gasteiger partial charge in [-0.1, -0.05) is 29.5 Å². The highest BCUT2D eigenvalue weighted by Crippen LogP contribution is 2.27. The Balaban J connectivity index is 1.92. The quantitative estimate of drug-likeness (QED) is 0.419. The van der Waals surface area contributed by atoms with Crippen LogP contribution in [-0.4, -0.2) is 45.3 Å². The zero-order valence-corrected chi connectivity index (χ0v) is 18.1. The summed E-state index contributed by atoms with van der Waals surface area (Å²) >= 11 is 1.34. The average molecular weight is 413 g/mol. The van der Waals surface area contributed by atoms with Gasteiger partial charge in [-0.25, -0.2) is 4.39 Å². The van der Waals surface area contributed by atoms with Gasteiger partial charge in [0, 0.05) is 11.3 Å². The Hall–Kier alpha value is -2.51. The summed E-state index contributed by atoms with van der Waals surface area (Å²) in [5.74, 6) is 0.735. The lowest BCUT2D eigenvalue weighted by Crippen LogP contribution is -2.20. The Kier molecular flexibility index (Phi) is 6.49. The monoisotopic (exact) mass is 412 g/mol. The third kappa shape index (κ3) is 4.74. The van der Waals surface area contributed by atoms with E-state index in [1.165, 1.54) is 23.9 Å². The van der Waals surface area contributed by atoms with Crippen LogP contribution in [0.25, 0.3) is 5.69 Å². The first-order chi connectivity index (χ1) is 13.8. The van der Waals surface area contributed by atoms with E-state index in [0.717, 1.165) is 28.2 Å². The van der Waals surface area contributed by atoms with Crippen LogP contribution in [0.4, 0.5) is 4.39 Å². The molecule has 152 valence electrons. The molecule has 0 saturated carbocycles. The number of rotatable bonds is 7. The Labute approximate surface area is 175 Å². The molecule has 0 fully saturated rings. The predicted octanol–water partition coefficient (Wildman–Crippen LogP) is 4.62. The zero-order chi connectivity index (χ0) is 21.1. The number of aromatic nitrogens is 3. The van der Waals surface area contributed by atoms with Crippen molar-refractivity contribution >= 4 is 17.5 Å². The molecule has 0 radical (unpaired) electrons. The lowest BCUT2D eigenvalue weighted by molar-refractivity contribution is 0.102. The van der Waals surface area contributed by atoms with E-state index in [1.807, 2.05) is 62.5 Å². The molecular weight excluding hydrogens is 387 g/mol. The second kappa shape index (κ2) is 8.88. The van der Waals surface area contributed by atoms with E-state index in [9.17, 15) is 9.18 Å². The van der Waals surface area contributed by atoms with Crippen LogP contribution in [0.15, 0.2) is 47.6 Å². The molecule has 7 heteroatoms. The van der Waals surface area contributed by atoms with Crippen molar-refractivity contribution in [1.29, 1.82) is 0 Å². The number of Topliss-reactive ketones (excluding diaryl/α,β-unsaturated/α-hetero) is 1. The molecule has 1 unspecified atom stereocenters. The summed E-state index contributed by atoms with van der Waals surface area (Å²) in [4.78, 5) is 14.8. The molecule has 0 aliphatic rings. The first-order valence-electron chi connectivity index (χ1n) is 9.39. The summed E-state index contributed by atoms with van der Waals surface area (Å²) in [6.45, 7) is 5.94. The van der Waals surface area contributed by atoms with E-state index in [-0.39, 0.29) is 23.4 Å². The summed E-state index contributed by atoms with van der Waals surface area (Å²) in [7, 11) is 3.93. The maximum Gasteiger partial charge on any atom is 0.196 e. The van der Waals surface area contributed by atoms with Gasteiger partial charge in [0.15, 0.2) is 16.8 Å². The Morgan fingerprint density at radius 1 is 1.14 bits per heavy atom. The van der Waals surface area contributed by atoms with E-state index in [0.29, 0.717) is 5.16 Å². The average Bonchev–Trinajstić information content (AvgIpc) is 3.11. The summed E-state index contributed by atoms with van der Waals surface area (Å²) in [5, 5.41) is 9.30. The molecule has 0 saturated heterocycles. The Morgan fingerprint density at radius 3 is 2.48 bits per heavy atom. The first-order valence-corrected chi connectivity index (χ1v) is 10.4. The number of aryl methyl sites for hydroxylation is 2. The van der Waals surface area contributed by atoms with E-state index < -0.39 is 0 Å². The number of ketones is 1. The summed E-state index contributed by atoms with van der Waals surface area (Å²) < 4.78 is 15.3. The largest absolute Gasteiger partial charge is 0.300 e. The van der Waals surface area contributed by atoms with Gasteiger partial charge < -0.3 is 0 Å². The molecule has 5 nitrogen and oxygen atoms in total. The highest BCUT2D eigenvalue weighted by Gasteiger charge is 2.22. The zero-order valence-electron chi connectivity index (χ0n) is 17.3. The molecule has 2 aromatic carbocycles. The SMILES string of the molecule is Cc1ccc(C)c(C(=O)CSc2nnc(C(C)N(C)C)n2-c2ccc(F)cc2)c1. The molecule has 3 rings (SSSR count). The molecule has 1 aromatic heterocycles. The van der Waals surface area contributed by atoms with Crippen LogP contribution in [0, 0.1) is 19.7 Å².